The van der Waals surface area contributed by atoms with E-state index < -0.39 is 0 Å². The summed E-state index contributed by atoms with van der Waals surface area (Å²) in [7, 11) is 1.88. The van der Waals surface area contributed by atoms with Crippen LogP contribution < -0.4 is 11.5 Å². The Bertz CT molecular complexity index is 456. The van der Waals surface area contributed by atoms with Crippen molar-refractivity contribution in [3.8, 4) is 0 Å². The molecule has 6 nitrogen and oxygen atoms in total. The van der Waals surface area contributed by atoms with Crippen LogP contribution in [0.15, 0.2) is 11.2 Å². The second-order valence-electron chi connectivity index (χ2n) is 5.09. The van der Waals surface area contributed by atoms with Crippen LogP contribution in [-0.4, -0.2) is 39.6 Å². The SMILES string of the molecule is CN(C(=O)CSc1nc(N)cc(N)n1)C1CCCCC1. The Morgan fingerprint density at radius 2 is 1.90 bits per heavy atom. The molecule has 7 heteroatoms. The van der Waals surface area contributed by atoms with Crippen molar-refractivity contribution in [3.63, 3.8) is 0 Å². The normalized spacial score (nSPS) is 16.1. The second-order valence-corrected chi connectivity index (χ2v) is 6.03. The van der Waals surface area contributed by atoms with Crippen LogP contribution in [0.1, 0.15) is 32.1 Å². The number of nitrogens with zero attached hydrogens (tertiary/aromatic N) is 3. The van der Waals surface area contributed by atoms with E-state index in [2.05, 4.69) is 9.97 Å². The minimum Gasteiger partial charge on any atom is -0.383 e. The first-order valence-electron chi connectivity index (χ1n) is 6.85. The monoisotopic (exact) mass is 295 g/mol. The third kappa shape index (κ3) is 4.00. The molecule has 0 spiro atoms. The van der Waals surface area contributed by atoms with Gasteiger partial charge in [-0.15, -0.1) is 0 Å². The number of aromatic nitrogens is 2. The summed E-state index contributed by atoms with van der Waals surface area (Å²) in [6, 6.07) is 1.88. The maximum atomic E-state index is 12.2. The van der Waals surface area contributed by atoms with Crippen LogP contribution in [0.2, 0.25) is 0 Å². The van der Waals surface area contributed by atoms with Crippen molar-refractivity contribution >= 4 is 29.3 Å². The zero-order valence-electron chi connectivity index (χ0n) is 11.7. The zero-order valence-corrected chi connectivity index (χ0v) is 12.5. The first-order valence-corrected chi connectivity index (χ1v) is 7.83. The number of hydrogen-bond acceptors (Lipinski definition) is 6. The fourth-order valence-corrected chi connectivity index (χ4v) is 3.22. The van der Waals surface area contributed by atoms with Gasteiger partial charge >= 0.3 is 0 Å². The van der Waals surface area contributed by atoms with E-state index in [1.165, 1.54) is 37.1 Å². The van der Waals surface area contributed by atoms with Crippen LogP contribution in [-0.2, 0) is 4.79 Å². The summed E-state index contributed by atoms with van der Waals surface area (Å²) in [5, 5.41) is 0.452. The van der Waals surface area contributed by atoms with Crippen molar-refractivity contribution in [2.24, 2.45) is 0 Å². The number of carbonyl (C=O) groups excluding carboxylic acids is 1. The van der Waals surface area contributed by atoms with Crippen LogP contribution in [0.4, 0.5) is 11.6 Å². The van der Waals surface area contributed by atoms with Gasteiger partial charge in [-0.3, -0.25) is 4.79 Å². The molecule has 1 fully saturated rings. The molecule has 0 saturated heterocycles. The summed E-state index contributed by atoms with van der Waals surface area (Å²) in [6.07, 6.45) is 5.92. The molecule has 1 aliphatic carbocycles. The maximum absolute atomic E-state index is 12.2. The molecule has 0 atom stereocenters. The van der Waals surface area contributed by atoms with Gasteiger partial charge in [-0.05, 0) is 12.8 Å². The Hall–Kier alpha value is -1.50. The molecule has 1 aliphatic rings. The van der Waals surface area contributed by atoms with E-state index in [0.717, 1.165) is 12.8 Å². The van der Waals surface area contributed by atoms with Gasteiger partial charge in [-0.1, -0.05) is 31.0 Å². The van der Waals surface area contributed by atoms with Gasteiger partial charge in [0.25, 0.3) is 0 Å². The van der Waals surface area contributed by atoms with E-state index in [1.807, 2.05) is 11.9 Å². The average molecular weight is 295 g/mol. The molecule has 1 amide bonds. The number of amides is 1. The Balaban J connectivity index is 1.87. The van der Waals surface area contributed by atoms with E-state index in [0.29, 0.717) is 28.6 Å². The molecule has 1 saturated carbocycles. The standard InChI is InChI=1S/C13H21N5OS/c1-18(9-5-3-2-4-6-9)12(19)8-20-13-16-10(14)7-11(15)17-13/h7,9H,2-6,8H2,1H3,(H4,14,15,16,17). The predicted molar refractivity (Wildman–Crippen MR) is 81.2 cm³/mol. The Labute approximate surface area is 123 Å². The van der Waals surface area contributed by atoms with E-state index in [-0.39, 0.29) is 5.91 Å². The largest absolute Gasteiger partial charge is 0.383 e. The molecule has 0 aromatic carbocycles. The summed E-state index contributed by atoms with van der Waals surface area (Å²) in [6.45, 7) is 0. The van der Waals surface area contributed by atoms with Gasteiger partial charge in [0.05, 0.1) is 5.75 Å². The predicted octanol–water partition coefficient (Wildman–Crippen LogP) is 1.52. The zero-order chi connectivity index (χ0) is 14.5. The lowest BCUT2D eigenvalue weighted by Crippen LogP contribution is -2.39. The van der Waals surface area contributed by atoms with Crippen molar-refractivity contribution in [2.75, 3.05) is 24.3 Å². The molecule has 1 aromatic rings. The highest BCUT2D eigenvalue weighted by Crippen LogP contribution is 2.23. The number of hydrogen-bond donors (Lipinski definition) is 2. The topological polar surface area (TPSA) is 98.1 Å². The molecule has 4 N–H and O–H groups in total. The molecule has 0 aliphatic heterocycles. The highest BCUT2D eigenvalue weighted by Gasteiger charge is 2.22. The number of nitrogen functional groups attached to an aromatic ring is 2. The van der Waals surface area contributed by atoms with Crippen LogP contribution in [0.3, 0.4) is 0 Å². The summed E-state index contributed by atoms with van der Waals surface area (Å²) in [4.78, 5) is 22.1. The summed E-state index contributed by atoms with van der Waals surface area (Å²) in [5.74, 6) is 1.07. The Morgan fingerprint density at radius 1 is 1.30 bits per heavy atom. The summed E-state index contributed by atoms with van der Waals surface area (Å²) in [5.41, 5.74) is 11.2. The second kappa shape index (κ2) is 6.78. The maximum Gasteiger partial charge on any atom is 0.233 e. The molecule has 1 aromatic heterocycles. The van der Waals surface area contributed by atoms with Gasteiger partial charge in [-0.2, -0.15) is 0 Å². The van der Waals surface area contributed by atoms with Crippen molar-refractivity contribution in [2.45, 2.75) is 43.3 Å². The molecule has 110 valence electrons. The molecule has 1 heterocycles. The van der Waals surface area contributed by atoms with E-state index in [9.17, 15) is 4.79 Å². The van der Waals surface area contributed by atoms with E-state index in [4.69, 9.17) is 11.5 Å². The third-order valence-electron chi connectivity index (χ3n) is 3.59. The minimum atomic E-state index is 0.103. The Morgan fingerprint density at radius 3 is 2.50 bits per heavy atom. The van der Waals surface area contributed by atoms with Gasteiger partial charge < -0.3 is 16.4 Å². The van der Waals surface area contributed by atoms with Crippen LogP contribution >= 0.6 is 11.8 Å². The van der Waals surface area contributed by atoms with Crippen LogP contribution in [0.25, 0.3) is 0 Å². The number of rotatable bonds is 4. The molecular formula is C13H21N5OS. The molecule has 20 heavy (non-hydrogen) atoms. The number of thioether (sulfide) groups is 1. The molecular weight excluding hydrogens is 274 g/mol. The highest BCUT2D eigenvalue weighted by atomic mass is 32.2. The van der Waals surface area contributed by atoms with Crippen molar-refractivity contribution in [3.05, 3.63) is 6.07 Å². The highest BCUT2D eigenvalue weighted by molar-refractivity contribution is 7.99. The van der Waals surface area contributed by atoms with Crippen molar-refractivity contribution < 1.29 is 4.79 Å². The van der Waals surface area contributed by atoms with Crippen molar-refractivity contribution in [1.29, 1.82) is 0 Å². The molecule has 0 radical (unpaired) electrons. The van der Waals surface area contributed by atoms with Crippen LogP contribution in [0.5, 0.6) is 0 Å². The van der Waals surface area contributed by atoms with Crippen LogP contribution in [0, 0.1) is 0 Å². The molecule has 0 bridgehead atoms. The third-order valence-corrected chi connectivity index (χ3v) is 4.42. The molecule has 2 rings (SSSR count). The first kappa shape index (κ1) is 14.9. The lowest BCUT2D eigenvalue weighted by atomic mass is 9.94. The fraction of sp³-hybridized carbons (Fsp3) is 0.615. The van der Waals surface area contributed by atoms with Gasteiger partial charge in [-0.25, -0.2) is 9.97 Å². The average Bonchev–Trinajstić information content (AvgIpc) is 2.44. The first-order chi connectivity index (χ1) is 9.56. The van der Waals surface area contributed by atoms with Crippen molar-refractivity contribution in [1.82, 2.24) is 14.9 Å². The van der Waals surface area contributed by atoms with Gasteiger partial charge in [0.1, 0.15) is 11.6 Å². The molecule has 0 unspecified atom stereocenters. The Kier molecular flexibility index (Phi) is 5.05. The minimum absolute atomic E-state index is 0.103. The van der Waals surface area contributed by atoms with Gasteiger partial charge in [0.15, 0.2) is 5.16 Å². The lowest BCUT2D eigenvalue weighted by molar-refractivity contribution is -0.129. The smallest absolute Gasteiger partial charge is 0.233 e. The van der Waals surface area contributed by atoms with E-state index in [1.54, 1.807) is 0 Å². The summed E-state index contributed by atoms with van der Waals surface area (Å²) >= 11 is 1.28. The number of anilines is 2. The quantitative estimate of drug-likeness (QED) is 0.645. The lowest BCUT2D eigenvalue weighted by Gasteiger charge is -2.31. The van der Waals surface area contributed by atoms with E-state index >= 15 is 0 Å². The fourth-order valence-electron chi connectivity index (χ4n) is 2.43. The van der Waals surface area contributed by atoms with Gasteiger partial charge in [0, 0.05) is 19.2 Å². The van der Waals surface area contributed by atoms with Gasteiger partial charge in [0.2, 0.25) is 5.91 Å². The number of carbonyl (C=O) groups is 1. The number of nitrogens with two attached hydrogens (primary N) is 2. The summed E-state index contributed by atoms with van der Waals surface area (Å²) < 4.78 is 0.